The van der Waals surface area contributed by atoms with Crippen LogP contribution in [0, 0.1) is 0 Å². The van der Waals surface area contributed by atoms with E-state index in [4.69, 9.17) is 9.47 Å². The van der Waals surface area contributed by atoms with Crippen LogP contribution in [-0.4, -0.2) is 43.8 Å². The molecule has 1 aromatic carbocycles. The van der Waals surface area contributed by atoms with E-state index in [1.165, 1.54) is 25.7 Å². The predicted octanol–water partition coefficient (Wildman–Crippen LogP) is 4.92. The monoisotopic (exact) mass is 350 g/mol. The first-order chi connectivity index (χ1) is 11.8. The van der Waals surface area contributed by atoms with Crippen molar-refractivity contribution in [3.63, 3.8) is 0 Å². The molecule has 0 atom stereocenters. The topological polar surface area (TPSA) is 50.8 Å². The van der Waals surface area contributed by atoms with E-state index in [1.54, 1.807) is 0 Å². The standard InChI is InChI=1S/C20H34N2O3/c1-6-7-8-9-12-15-24-18-14-11-10-13-17(18)21-19(23)25-20(2,3)16-22(4)5/h10-11,13-14H,6-9,12,15-16H2,1-5H3,(H,21,23). The summed E-state index contributed by atoms with van der Waals surface area (Å²) in [6.07, 6.45) is 5.48. The molecule has 1 N–H and O–H groups in total. The number of hydrogen-bond acceptors (Lipinski definition) is 4. The molecule has 0 saturated heterocycles. The van der Waals surface area contributed by atoms with E-state index >= 15 is 0 Å². The van der Waals surface area contributed by atoms with Crippen molar-refractivity contribution < 1.29 is 14.3 Å². The predicted molar refractivity (Wildman–Crippen MR) is 103 cm³/mol. The summed E-state index contributed by atoms with van der Waals surface area (Å²) < 4.78 is 11.4. The Hall–Kier alpha value is -1.75. The smallest absolute Gasteiger partial charge is 0.412 e. The van der Waals surface area contributed by atoms with Crippen molar-refractivity contribution in [2.24, 2.45) is 0 Å². The summed E-state index contributed by atoms with van der Waals surface area (Å²) in [5.74, 6) is 0.681. The second-order valence-electron chi connectivity index (χ2n) is 7.27. The first kappa shape index (κ1) is 21.3. The van der Waals surface area contributed by atoms with E-state index in [9.17, 15) is 4.79 Å². The Morgan fingerprint density at radius 2 is 1.80 bits per heavy atom. The lowest BCUT2D eigenvalue weighted by Gasteiger charge is -2.28. The van der Waals surface area contributed by atoms with Crippen molar-refractivity contribution in [1.29, 1.82) is 0 Å². The Balaban J connectivity index is 2.51. The van der Waals surface area contributed by atoms with Crippen molar-refractivity contribution >= 4 is 11.8 Å². The van der Waals surface area contributed by atoms with Crippen molar-refractivity contribution in [3.05, 3.63) is 24.3 Å². The first-order valence-corrected chi connectivity index (χ1v) is 9.20. The number of benzene rings is 1. The normalized spacial score (nSPS) is 11.4. The number of carbonyl (C=O) groups excluding carboxylic acids is 1. The lowest BCUT2D eigenvalue weighted by molar-refractivity contribution is 0.0295. The lowest BCUT2D eigenvalue weighted by atomic mass is 10.1. The molecule has 0 spiro atoms. The average Bonchev–Trinajstić information content (AvgIpc) is 2.50. The molecule has 5 heteroatoms. The molecule has 1 rings (SSSR count). The Morgan fingerprint density at radius 3 is 2.48 bits per heavy atom. The summed E-state index contributed by atoms with van der Waals surface area (Å²) in [7, 11) is 3.90. The largest absolute Gasteiger partial charge is 0.491 e. The maximum atomic E-state index is 12.2. The zero-order valence-corrected chi connectivity index (χ0v) is 16.4. The Morgan fingerprint density at radius 1 is 1.12 bits per heavy atom. The molecule has 25 heavy (non-hydrogen) atoms. The summed E-state index contributed by atoms with van der Waals surface area (Å²) in [6, 6.07) is 7.47. The van der Waals surface area contributed by atoms with E-state index < -0.39 is 11.7 Å². The minimum absolute atomic E-state index is 0.467. The van der Waals surface area contributed by atoms with Crippen LogP contribution in [0.25, 0.3) is 0 Å². The fraction of sp³-hybridized carbons (Fsp3) is 0.650. The number of carbonyl (C=O) groups is 1. The summed E-state index contributed by atoms with van der Waals surface area (Å²) in [5.41, 5.74) is 0.0737. The van der Waals surface area contributed by atoms with Gasteiger partial charge >= 0.3 is 6.09 Å². The molecule has 1 aromatic rings. The SMILES string of the molecule is CCCCCCCOc1ccccc1NC(=O)OC(C)(C)CN(C)C. The van der Waals surface area contributed by atoms with Crippen LogP contribution < -0.4 is 10.1 Å². The molecular weight excluding hydrogens is 316 g/mol. The van der Waals surface area contributed by atoms with Gasteiger partial charge in [0.2, 0.25) is 0 Å². The van der Waals surface area contributed by atoms with Crippen LogP contribution in [0.1, 0.15) is 52.9 Å². The zero-order chi connectivity index (χ0) is 18.7. The maximum Gasteiger partial charge on any atom is 0.412 e. The highest BCUT2D eigenvalue weighted by molar-refractivity contribution is 5.86. The molecule has 0 aliphatic rings. The molecule has 142 valence electrons. The molecule has 0 aliphatic carbocycles. The molecule has 0 bridgehead atoms. The number of rotatable bonds is 11. The highest BCUT2D eigenvalue weighted by Gasteiger charge is 2.24. The van der Waals surface area contributed by atoms with E-state index in [-0.39, 0.29) is 0 Å². The van der Waals surface area contributed by atoms with Crippen molar-refractivity contribution in [2.45, 2.75) is 58.5 Å². The number of amides is 1. The third kappa shape index (κ3) is 9.34. The molecule has 0 radical (unpaired) electrons. The van der Waals surface area contributed by atoms with Crippen LogP contribution in [0.5, 0.6) is 5.75 Å². The van der Waals surface area contributed by atoms with E-state index in [2.05, 4.69) is 12.2 Å². The maximum absolute atomic E-state index is 12.2. The number of likely N-dealkylation sites (N-methyl/N-ethyl adjacent to an activating group) is 1. The van der Waals surface area contributed by atoms with Gasteiger partial charge in [-0.2, -0.15) is 0 Å². The van der Waals surface area contributed by atoms with Gasteiger partial charge in [-0.25, -0.2) is 4.79 Å². The zero-order valence-electron chi connectivity index (χ0n) is 16.4. The number of hydrogen-bond donors (Lipinski definition) is 1. The highest BCUT2D eigenvalue weighted by Crippen LogP contribution is 2.25. The van der Waals surface area contributed by atoms with Crippen LogP contribution in [-0.2, 0) is 4.74 Å². The second kappa shape index (κ2) is 11.0. The average molecular weight is 351 g/mol. The first-order valence-electron chi connectivity index (χ1n) is 9.20. The van der Waals surface area contributed by atoms with Gasteiger partial charge < -0.3 is 14.4 Å². The van der Waals surface area contributed by atoms with Crippen molar-refractivity contribution in [2.75, 3.05) is 32.6 Å². The summed E-state index contributed by atoms with van der Waals surface area (Å²) >= 11 is 0. The fourth-order valence-corrected chi connectivity index (χ4v) is 2.76. The third-order valence-corrected chi connectivity index (χ3v) is 3.70. The third-order valence-electron chi connectivity index (χ3n) is 3.70. The molecule has 1 amide bonds. The van der Waals surface area contributed by atoms with Gasteiger partial charge in [-0.3, -0.25) is 5.32 Å². The van der Waals surface area contributed by atoms with Crippen LogP contribution in [0.3, 0.4) is 0 Å². The van der Waals surface area contributed by atoms with Gasteiger partial charge in [-0.1, -0.05) is 44.7 Å². The Kier molecular flexibility index (Phi) is 9.35. The number of para-hydroxylation sites is 2. The number of anilines is 1. The quantitative estimate of drug-likeness (QED) is 0.575. The van der Waals surface area contributed by atoms with Gasteiger partial charge in [-0.05, 0) is 46.5 Å². The number of nitrogens with one attached hydrogen (secondary N) is 1. The van der Waals surface area contributed by atoms with Crippen LogP contribution in [0.2, 0.25) is 0 Å². The summed E-state index contributed by atoms with van der Waals surface area (Å²) in [6.45, 7) is 7.30. The fourth-order valence-electron chi connectivity index (χ4n) is 2.76. The molecule has 0 aromatic heterocycles. The number of unbranched alkanes of at least 4 members (excludes halogenated alkanes) is 4. The van der Waals surface area contributed by atoms with Crippen molar-refractivity contribution in [3.8, 4) is 5.75 Å². The highest BCUT2D eigenvalue weighted by atomic mass is 16.6. The van der Waals surface area contributed by atoms with Crippen LogP contribution >= 0.6 is 0 Å². The van der Waals surface area contributed by atoms with Gasteiger partial charge in [-0.15, -0.1) is 0 Å². The van der Waals surface area contributed by atoms with Gasteiger partial charge in [0.05, 0.1) is 12.3 Å². The molecule has 0 aliphatic heterocycles. The minimum atomic E-state index is -0.567. The molecule has 0 fully saturated rings. The number of nitrogens with zero attached hydrogens (tertiary/aromatic N) is 1. The Labute approximate surface area is 152 Å². The van der Waals surface area contributed by atoms with E-state index in [0.29, 0.717) is 24.6 Å². The second-order valence-corrected chi connectivity index (χ2v) is 7.27. The van der Waals surface area contributed by atoms with Gasteiger partial charge in [0.25, 0.3) is 0 Å². The molecule has 0 saturated carbocycles. The van der Waals surface area contributed by atoms with Crippen LogP contribution in [0.15, 0.2) is 24.3 Å². The van der Waals surface area contributed by atoms with Gasteiger partial charge in [0.15, 0.2) is 0 Å². The summed E-state index contributed by atoms with van der Waals surface area (Å²) in [5, 5.41) is 2.80. The van der Waals surface area contributed by atoms with Crippen molar-refractivity contribution in [1.82, 2.24) is 4.90 Å². The number of ether oxygens (including phenoxy) is 2. The summed E-state index contributed by atoms with van der Waals surface area (Å²) in [4.78, 5) is 14.2. The molecule has 0 heterocycles. The van der Waals surface area contributed by atoms with Gasteiger partial charge in [0, 0.05) is 6.54 Å². The van der Waals surface area contributed by atoms with E-state index in [1.807, 2.05) is 57.1 Å². The Bertz CT molecular complexity index is 515. The minimum Gasteiger partial charge on any atom is -0.491 e. The van der Waals surface area contributed by atoms with Crippen LogP contribution in [0.4, 0.5) is 10.5 Å². The van der Waals surface area contributed by atoms with E-state index in [0.717, 1.165) is 6.42 Å². The molecule has 5 nitrogen and oxygen atoms in total. The molecular formula is C20H34N2O3. The van der Waals surface area contributed by atoms with Gasteiger partial charge in [0.1, 0.15) is 11.4 Å². The lowest BCUT2D eigenvalue weighted by Crippen LogP contribution is -2.40. The molecule has 0 unspecified atom stereocenters.